The molecule has 1 aromatic rings. The van der Waals surface area contributed by atoms with Gasteiger partial charge < -0.3 is 5.32 Å². The molecule has 0 atom stereocenters. The summed E-state index contributed by atoms with van der Waals surface area (Å²) < 4.78 is 0. The first-order valence-corrected chi connectivity index (χ1v) is 8.65. The fourth-order valence-electron chi connectivity index (χ4n) is 1.33. The van der Waals surface area contributed by atoms with E-state index in [4.69, 9.17) is 0 Å². The largest absolute Gasteiger partial charge is 0.383 e. The Balaban J connectivity index is 2.77. The van der Waals surface area contributed by atoms with E-state index in [1.54, 1.807) is 0 Å². The smallest absolute Gasteiger partial charge is 0.0723 e. The van der Waals surface area contributed by atoms with E-state index >= 15 is 0 Å². The third kappa shape index (κ3) is 3.18. The molecular weight excluding hydrogens is 186 g/mol. The highest BCUT2D eigenvalue weighted by Crippen LogP contribution is 2.21. The highest BCUT2D eigenvalue weighted by Gasteiger charge is 2.14. The fraction of sp³-hybridized carbons (Fsp3) is 0.417. The summed E-state index contributed by atoms with van der Waals surface area (Å²) in [6.07, 6.45) is 2.28. The Morgan fingerprint density at radius 2 is 1.57 bits per heavy atom. The number of para-hydroxylation sites is 1. The first kappa shape index (κ1) is 11.3. The summed E-state index contributed by atoms with van der Waals surface area (Å²) in [5, 5.41) is 3.46. The molecule has 1 rings (SSSR count). The molecule has 14 heavy (non-hydrogen) atoms. The maximum atomic E-state index is 3.46. The van der Waals surface area contributed by atoms with Crippen molar-refractivity contribution in [3.8, 4) is 0 Å². The zero-order valence-electron chi connectivity index (χ0n) is 9.81. The lowest BCUT2D eigenvalue weighted by atomic mass is 10.1. The number of hydrogen-bond acceptors (Lipinski definition) is 1. The molecule has 2 heteroatoms. The lowest BCUT2D eigenvalue weighted by Crippen LogP contribution is -2.26. The third-order valence-corrected chi connectivity index (χ3v) is 3.14. The molecule has 1 N–H and O–H groups in total. The van der Waals surface area contributed by atoms with Crippen molar-refractivity contribution < 1.29 is 0 Å². The zero-order valence-corrected chi connectivity index (χ0v) is 10.8. The van der Waals surface area contributed by atoms with Gasteiger partial charge in [0.2, 0.25) is 0 Å². The maximum absolute atomic E-state index is 3.46. The Morgan fingerprint density at radius 3 is 2.00 bits per heavy atom. The summed E-state index contributed by atoms with van der Waals surface area (Å²) in [6, 6.07) is 6.39. The maximum Gasteiger partial charge on any atom is 0.0723 e. The van der Waals surface area contributed by atoms with E-state index in [-0.39, 0.29) is 0 Å². The van der Waals surface area contributed by atoms with Gasteiger partial charge in [0.25, 0.3) is 0 Å². The second-order valence-corrected chi connectivity index (χ2v) is 9.94. The van der Waals surface area contributed by atoms with Crippen LogP contribution in [-0.2, 0) is 0 Å². The third-order valence-electron chi connectivity index (χ3n) is 2.13. The van der Waals surface area contributed by atoms with Gasteiger partial charge in [0, 0.05) is 11.9 Å². The summed E-state index contributed by atoms with van der Waals surface area (Å²) >= 11 is 0. The van der Waals surface area contributed by atoms with Crippen LogP contribution in [0.5, 0.6) is 0 Å². The van der Waals surface area contributed by atoms with Gasteiger partial charge >= 0.3 is 0 Å². The molecule has 1 nitrogen and oxygen atoms in total. The van der Waals surface area contributed by atoms with Gasteiger partial charge in [-0.2, -0.15) is 0 Å². The van der Waals surface area contributed by atoms with Crippen molar-refractivity contribution in [2.75, 3.05) is 5.32 Å². The van der Waals surface area contributed by atoms with Crippen molar-refractivity contribution in [3.05, 3.63) is 35.5 Å². The summed E-state index contributed by atoms with van der Waals surface area (Å²) in [6.45, 7) is 11.3. The minimum atomic E-state index is -1.12. The van der Waals surface area contributed by atoms with E-state index < -0.39 is 8.07 Å². The number of hydrogen-bond donors (Lipinski definition) is 1. The van der Waals surface area contributed by atoms with Crippen LogP contribution >= 0.6 is 0 Å². The van der Waals surface area contributed by atoms with Gasteiger partial charge in [0.1, 0.15) is 0 Å². The fourth-order valence-corrected chi connectivity index (χ4v) is 1.91. The topological polar surface area (TPSA) is 12.0 Å². The molecule has 0 amide bonds. The first-order chi connectivity index (χ1) is 6.40. The second-order valence-electron chi connectivity index (χ2n) is 4.92. The Hall–Kier alpha value is -0.763. The summed E-state index contributed by atoms with van der Waals surface area (Å²) in [7, 11) is -1.12. The molecule has 77 valence electrons. The van der Waals surface area contributed by atoms with Crippen LogP contribution in [0.25, 0.3) is 0 Å². The van der Waals surface area contributed by atoms with Gasteiger partial charge in [-0.3, -0.25) is 0 Å². The molecule has 1 aromatic carbocycles. The van der Waals surface area contributed by atoms with Crippen LogP contribution < -0.4 is 5.32 Å². The minimum absolute atomic E-state index is 1.12. The van der Waals surface area contributed by atoms with Crippen LogP contribution in [0.1, 0.15) is 11.1 Å². The van der Waals surface area contributed by atoms with Crippen molar-refractivity contribution in [2.24, 2.45) is 0 Å². The molecular formula is C12H20NSi. The lowest BCUT2D eigenvalue weighted by Gasteiger charge is -2.19. The van der Waals surface area contributed by atoms with Crippen LogP contribution in [-0.4, -0.2) is 8.07 Å². The van der Waals surface area contributed by atoms with E-state index in [9.17, 15) is 0 Å². The molecule has 0 fully saturated rings. The highest BCUT2D eigenvalue weighted by molar-refractivity contribution is 6.79. The Labute approximate surface area is 88.6 Å². The van der Waals surface area contributed by atoms with Gasteiger partial charge in [-0.15, -0.1) is 0 Å². The standard InChI is InChI=1S/C12H20NSi/c1-10-7-6-8-11(2)12(10)13-9-14(3,4)5/h6-9,13H,1-5H3. The molecule has 0 aliphatic carbocycles. The molecule has 1 radical (unpaired) electrons. The average Bonchev–Trinajstić information content (AvgIpc) is 2.01. The number of anilines is 1. The van der Waals surface area contributed by atoms with Gasteiger partial charge in [-0.1, -0.05) is 37.8 Å². The van der Waals surface area contributed by atoms with E-state index in [1.165, 1.54) is 16.8 Å². The van der Waals surface area contributed by atoms with Crippen LogP contribution in [0.3, 0.4) is 0 Å². The van der Waals surface area contributed by atoms with Crippen LogP contribution in [0.15, 0.2) is 18.2 Å². The number of nitrogens with one attached hydrogen (secondary N) is 1. The van der Waals surface area contributed by atoms with Crippen LogP contribution in [0.4, 0.5) is 5.69 Å². The van der Waals surface area contributed by atoms with E-state index in [2.05, 4.69) is 63.2 Å². The first-order valence-electron chi connectivity index (χ1n) is 5.07. The van der Waals surface area contributed by atoms with Crippen molar-refractivity contribution in [1.82, 2.24) is 0 Å². The van der Waals surface area contributed by atoms with E-state index in [0.717, 1.165) is 0 Å². The molecule has 0 aromatic heterocycles. The van der Waals surface area contributed by atoms with Crippen molar-refractivity contribution >= 4 is 13.8 Å². The molecule has 0 saturated carbocycles. The van der Waals surface area contributed by atoms with Crippen molar-refractivity contribution in [2.45, 2.75) is 33.5 Å². The molecule has 0 bridgehead atoms. The monoisotopic (exact) mass is 206 g/mol. The quantitative estimate of drug-likeness (QED) is 0.743. The number of rotatable bonds is 3. The summed E-state index contributed by atoms with van der Waals surface area (Å²) in [5.74, 6) is 0. The predicted octanol–water partition coefficient (Wildman–Crippen LogP) is 3.75. The van der Waals surface area contributed by atoms with E-state index in [0.29, 0.717) is 0 Å². The molecule has 0 unspecified atom stereocenters. The predicted molar refractivity (Wildman–Crippen MR) is 67.2 cm³/mol. The van der Waals surface area contributed by atoms with Gasteiger partial charge in [0.15, 0.2) is 0 Å². The number of aryl methyl sites for hydroxylation is 2. The molecule has 0 heterocycles. The SMILES string of the molecule is Cc1cccc(C)c1N[CH][Si](C)(C)C. The van der Waals surface area contributed by atoms with Crippen molar-refractivity contribution in [3.63, 3.8) is 0 Å². The highest BCUT2D eigenvalue weighted by atomic mass is 28.3. The minimum Gasteiger partial charge on any atom is -0.383 e. The van der Waals surface area contributed by atoms with Crippen molar-refractivity contribution in [1.29, 1.82) is 0 Å². The summed E-state index contributed by atoms with van der Waals surface area (Å²) in [5.41, 5.74) is 3.91. The number of benzene rings is 1. The average molecular weight is 206 g/mol. The molecule has 0 spiro atoms. The zero-order chi connectivity index (χ0) is 10.8. The molecule has 0 aliphatic rings. The van der Waals surface area contributed by atoms with Gasteiger partial charge in [-0.25, -0.2) is 0 Å². The molecule has 0 aliphatic heterocycles. The second kappa shape index (κ2) is 4.18. The lowest BCUT2D eigenvalue weighted by molar-refractivity contribution is 1.34. The van der Waals surface area contributed by atoms with Crippen LogP contribution in [0.2, 0.25) is 19.6 Å². The van der Waals surface area contributed by atoms with E-state index in [1.807, 2.05) is 0 Å². The Morgan fingerprint density at radius 1 is 1.07 bits per heavy atom. The normalized spacial score (nSPS) is 11.5. The summed E-state index contributed by atoms with van der Waals surface area (Å²) in [4.78, 5) is 0. The Kier molecular flexibility index (Phi) is 3.37. The molecule has 0 saturated heterocycles. The van der Waals surface area contributed by atoms with Gasteiger partial charge in [-0.05, 0) is 25.0 Å². The Bertz CT molecular complexity index is 292. The van der Waals surface area contributed by atoms with Gasteiger partial charge in [0.05, 0.1) is 8.07 Å². The van der Waals surface area contributed by atoms with Crippen LogP contribution in [0, 0.1) is 20.0 Å².